The van der Waals surface area contributed by atoms with E-state index >= 15 is 0 Å². The molecule has 0 radical (unpaired) electrons. The van der Waals surface area contributed by atoms with Gasteiger partial charge in [-0.05, 0) is 44.7 Å². The zero-order chi connectivity index (χ0) is 18.5. The molecule has 142 valence electrons. The van der Waals surface area contributed by atoms with Crippen molar-refractivity contribution < 1.29 is 9.59 Å². The molecule has 2 amide bonds. The predicted molar refractivity (Wildman–Crippen MR) is 100 cm³/mol. The van der Waals surface area contributed by atoms with E-state index in [1.165, 1.54) is 0 Å². The number of hydrogen-bond acceptors (Lipinski definition) is 3. The van der Waals surface area contributed by atoms with Gasteiger partial charge in [0.2, 0.25) is 5.91 Å². The molecule has 1 aliphatic heterocycles. The zero-order valence-electron chi connectivity index (χ0n) is 15.6. The highest BCUT2D eigenvalue weighted by molar-refractivity contribution is 5.94. The van der Waals surface area contributed by atoms with Crippen LogP contribution in [0.3, 0.4) is 0 Å². The minimum absolute atomic E-state index is 0.0622. The zero-order valence-corrected chi connectivity index (χ0v) is 15.6. The summed E-state index contributed by atoms with van der Waals surface area (Å²) >= 11 is 0. The molecule has 6 heteroatoms. The first kappa shape index (κ1) is 18.7. The van der Waals surface area contributed by atoms with Crippen LogP contribution in [-0.2, 0) is 4.79 Å². The van der Waals surface area contributed by atoms with Gasteiger partial charge < -0.3 is 15.2 Å². The minimum Gasteiger partial charge on any atom is -0.356 e. The third kappa shape index (κ3) is 4.17. The number of fused-ring (bicyclic) bond motifs is 1. The van der Waals surface area contributed by atoms with Crippen LogP contribution in [0.1, 0.15) is 67.4 Å². The second-order valence-corrected chi connectivity index (χ2v) is 7.55. The Labute approximate surface area is 154 Å². The molecule has 2 aliphatic rings. The summed E-state index contributed by atoms with van der Waals surface area (Å²) in [6.07, 6.45) is 7.63. The number of amides is 2. The maximum Gasteiger partial charge on any atom is 0.260 e. The Kier molecular flexibility index (Phi) is 6.12. The van der Waals surface area contributed by atoms with Crippen molar-refractivity contribution in [2.45, 2.75) is 64.3 Å². The molecule has 0 aromatic carbocycles. The van der Waals surface area contributed by atoms with Crippen molar-refractivity contribution in [3.05, 3.63) is 33.7 Å². The summed E-state index contributed by atoms with van der Waals surface area (Å²) in [6.45, 7) is 3.12. The summed E-state index contributed by atoms with van der Waals surface area (Å²) in [5.41, 5.74) is 0.565. The molecule has 2 fully saturated rings. The van der Waals surface area contributed by atoms with Crippen LogP contribution in [0.2, 0.25) is 0 Å². The van der Waals surface area contributed by atoms with E-state index in [-0.39, 0.29) is 34.9 Å². The smallest absolute Gasteiger partial charge is 0.260 e. The van der Waals surface area contributed by atoms with Crippen LogP contribution in [0.25, 0.3) is 0 Å². The highest BCUT2D eigenvalue weighted by Gasteiger charge is 2.37. The lowest BCUT2D eigenvalue weighted by Gasteiger charge is -2.39. The van der Waals surface area contributed by atoms with Gasteiger partial charge >= 0.3 is 0 Å². The number of pyridine rings is 1. The number of nitrogens with zero attached hydrogens (tertiary/aromatic N) is 1. The number of carbonyl (C=O) groups is 2. The lowest BCUT2D eigenvalue weighted by atomic mass is 9.82. The molecule has 1 aromatic heterocycles. The molecule has 2 heterocycles. The minimum atomic E-state index is -0.346. The fourth-order valence-electron chi connectivity index (χ4n) is 4.21. The average molecular weight is 359 g/mol. The van der Waals surface area contributed by atoms with Crippen molar-refractivity contribution in [3.63, 3.8) is 0 Å². The molecule has 2 atom stereocenters. The van der Waals surface area contributed by atoms with Crippen LogP contribution in [-0.4, -0.2) is 40.8 Å². The molecular formula is C20H29N3O3. The second-order valence-electron chi connectivity index (χ2n) is 7.55. The molecule has 0 unspecified atom stereocenters. The number of rotatable bonds is 1. The Balaban J connectivity index is 1.92. The van der Waals surface area contributed by atoms with E-state index in [4.69, 9.17) is 0 Å². The topological polar surface area (TPSA) is 82.3 Å². The quantitative estimate of drug-likeness (QED) is 0.808. The second kappa shape index (κ2) is 8.52. The Morgan fingerprint density at radius 1 is 1.04 bits per heavy atom. The van der Waals surface area contributed by atoms with E-state index in [1.807, 2.05) is 4.90 Å². The first-order valence-electron chi connectivity index (χ1n) is 9.86. The van der Waals surface area contributed by atoms with Crippen LogP contribution >= 0.6 is 0 Å². The van der Waals surface area contributed by atoms with Gasteiger partial charge in [-0.25, -0.2) is 0 Å². The van der Waals surface area contributed by atoms with Crippen LogP contribution in [0.15, 0.2) is 16.9 Å². The summed E-state index contributed by atoms with van der Waals surface area (Å²) in [4.78, 5) is 42.7. The first-order chi connectivity index (χ1) is 12.6. The summed E-state index contributed by atoms with van der Waals surface area (Å²) in [5.74, 6) is -0.349. The number of carbonyl (C=O) groups excluding carboxylic acids is 2. The van der Waals surface area contributed by atoms with Gasteiger partial charge in [0.1, 0.15) is 5.56 Å². The van der Waals surface area contributed by atoms with E-state index in [2.05, 4.69) is 10.3 Å². The molecule has 1 saturated carbocycles. The first-order valence-corrected chi connectivity index (χ1v) is 9.86. The van der Waals surface area contributed by atoms with Crippen LogP contribution < -0.4 is 10.9 Å². The average Bonchev–Trinajstić information content (AvgIpc) is 2.66. The Bertz CT molecular complexity index is 712. The fourth-order valence-corrected chi connectivity index (χ4v) is 4.21. The van der Waals surface area contributed by atoms with Gasteiger partial charge in [-0.15, -0.1) is 0 Å². The predicted octanol–water partition coefficient (Wildman–Crippen LogP) is 2.37. The van der Waals surface area contributed by atoms with Crippen molar-refractivity contribution in [2.75, 3.05) is 13.1 Å². The lowest BCUT2D eigenvalue weighted by Crippen LogP contribution is -2.51. The molecule has 3 rings (SSSR count). The number of H-pyrrole nitrogens is 1. The van der Waals surface area contributed by atoms with Crippen molar-refractivity contribution in [1.82, 2.24) is 15.2 Å². The summed E-state index contributed by atoms with van der Waals surface area (Å²) in [7, 11) is 0. The normalized spacial score (nSPS) is 25.0. The van der Waals surface area contributed by atoms with E-state index < -0.39 is 0 Å². The molecule has 6 nitrogen and oxygen atoms in total. The molecule has 1 saturated heterocycles. The van der Waals surface area contributed by atoms with E-state index in [1.54, 1.807) is 19.1 Å². The van der Waals surface area contributed by atoms with Crippen molar-refractivity contribution in [3.8, 4) is 0 Å². The number of hydrogen-bond donors (Lipinski definition) is 2. The van der Waals surface area contributed by atoms with Gasteiger partial charge in [-0.1, -0.05) is 25.7 Å². The summed E-state index contributed by atoms with van der Waals surface area (Å²) < 4.78 is 0. The molecule has 2 N–H and O–H groups in total. The monoisotopic (exact) mass is 359 g/mol. The largest absolute Gasteiger partial charge is 0.356 e. The third-order valence-electron chi connectivity index (χ3n) is 5.64. The van der Waals surface area contributed by atoms with Gasteiger partial charge in [0.15, 0.2) is 0 Å². The third-order valence-corrected chi connectivity index (χ3v) is 5.64. The lowest BCUT2D eigenvalue weighted by molar-refractivity contribution is -0.128. The van der Waals surface area contributed by atoms with E-state index in [0.717, 1.165) is 57.1 Å². The molecule has 1 aliphatic carbocycles. The fraction of sp³-hybridized carbons (Fsp3) is 0.650. The van der Waals surface area contributed by atoms with Gasteiger partial charge in [-0.3, -0.25) is 14.4 Å². The van der Waals surface area contributed by atoms with Crippen molar-refractivity contribution in [1.29, 1.82) is 0 Å². The van der Waals surface area contributed by atoms with Crippen molar-refractivity contribution in [2.24, 2.45) is 5.92 Å². The summed E-state index contributed by atoms with van der Waals surface area (Å²) in [6, 6.07) is 3.25. The molecule has 26 heavy (non-hydrogen) atoms. The number of aromatic nitrogens is 1. The number of aromatic amines is 1. The number of nitrogens with one attached hydrogen (secondary N) is 2. The van der Waals surface area contributed by atoms with E-state index in [0.29, 0.717) is 13.1 Å². The van der Waals surface area contributed by atoms with Gasteiger partial charge in [0, 0.05) is 24.8 Å². The molecule has 0 bridgehead atoms. The molecular weight excluding hydrogens is 330 g/mol. The number of aryl methyl sites for hydroxylation is 1. The Hall–Kier alpha value is -2.11. The highest BCUT2D eigenvalue weighted by Crippen LogP contribution is 2.30. The maximum absolute atomic E-state index is 13.2. The Morgan fingerprint density at radius 2 is 1.81 bits per heavy atom. The SMILES string of the molecule is Cc1ccc(C(=O)N2CCCCCCNC(=O)[C@@H]3CCCC[C@@H]32)c(=O)[nH]1. The summed E-state index contributed by atoms with van der Waals surface area (Å²) in [5, 5.41) is 3.05. The van der Waals surface area contributed by atoms with Gasteiger partial charge in [0.05, 0.1) is 5.92 Å². The van der Waals surface area contributed by atoms with Gasteiger partial charge in [-0.2, -0.15) is 0 Å². The maximum atomic E-state index is 13.2. The van der Waals surface area contributed by atoms with E-state index in [9.17, 15) is 14.4 Å². The molecule has 1 aromatic rings. The van der Waals surface area contributed by atoms with Crippen LogP contribution in [0.4, 0.5) is 0 Å². The van der Waals surface area contributed by atoms with Crippen molar-refractivity contribution >= 4 is 11.8 Å². The molecule has 0 spiro atoms. The van der Waals surface area contributed by atoms with Crippen LogP contribution in [0, 0.1) is 12.8 Å². The van der Waals surface area contributed by atoms with Crippen LogP contribution in [0.5, 0.6) is 0 Å². The van der Waals surface area contributed by atoms with Gasteiger partial charge in [0.25, 0.3) is 11.5 Å². The standard InChI is InChI=1S/C20H29N3O3/c1-14-10-11-16(19(25)22-14)20(26)23-13-7-3-2-6-12-21-18(24)15-8-4-5-9-17(15)23/h10-11,15,17H,2-9,12-13H2,1H3,(H,21,24)(H,22,25)/t15-,17+/m1/s1. The highest BCUT2D eigenvalue weighted by atomic mass is 16.2. The Morgan fingerprint density at radius 3 is 2.62 bits per heavy atom.